The van der Waals surface area contributed by atoms with Gasteiger partial charge in [0.2, 0.25) is 11.8 Å². The lowest BCUT2D eigenvalue weighted by Crippen LogP contribution is -2.64. The smallest absolute Gasteiger partial charge is 0.308 e. The Bertz CT molecular complexity index is 2610. The number of nitrogens with one attached hydrogen (secondary N) is 3. The quantitative estimate of drug-likeness (QED) is 0.0784. The number of amides is 2. The Hall–Kier alpha value is -5.65. The summed E-state index contributed by atoms with van der Waals surface area (Å²) in [6, 6.07) is 5.68. The lowest BCUT2D eigenvalue weighted by molar-refractivity contribution is -0.307. The SMILES string of the molecule is CNc1ccc(C(=O)CC(O)CC[C@H](C)[C@H]2OC(=O)C[C@H](O)CC(=O)C[C@H](O)C[C@H](O)C[C@H](O)C[C@H](O)C[C@]3(O)C[C@H](O)[C@@H](C(=O)NCCN(C)C)[C@H](C[C@@H](O[C@@H]4O[C@H](C)[C@@H](O)[C@H](NC(=O)CN(C)C)[C@@H]4O)/C=C/C=C/C=C/C=C\C=C/C=C/C=C/[C@@H]2C)O3)cc1. The van der Waals surface area contributed by atoms with Crippen molar-refractivity contribution in [2.45, 2.75) is 195 Å². The van der Waals surface area contributed by atoms with Crippen molar-refractivity contribution in [2.75, 3.05) is 60.2 Å². The second kappa shape index (κ2) is 39.8. The van der Waals surface area contributed by atoms with Crippen LogP contribution in [-0.4, -0.2) is 243 Å². The van der Waals surface area contributed by atoms with Crippen LogP contribution in [0.15, 0.2) is 109 Å². The Kier molecular flexibility index (Phi) is 34.0. The number of fused-ring (bicyclic) bond motifs is 2. The number of benzene rings is 1. The van der Waals surface area contributed by atoms with Crippen LogP contribution in [0.1, 0.15) is 108 Å². The van der Waals surface area contributed by atoms with Crippen LogP contribution in [0.4, 0.5) is 5.69 Å². The summed E-state index contributed by atoms with van der Waals surface area (Å²) in [5.41, 5.74) is 1.30. The molecule has 0 saturated carbocycles. The maximum Gasteiger partial charge on any atom is 0.308 e. The van der Waals surface area contributed by atoms with E-state index >= 15 is 0 Å². The summed E-state index contributed by atoms with van der Waals surface area (Å²) < 4.78 is 24.6. The first-order valence-electron chi connectivity index (χ1n) is 31.5. The van der Waals surface area contributed by atoms with Gasteiger partial charge in [0.1, 0.15) is 24.1 Å². The molecule has 2 fully saturated rings. The van der Waals surface area contributed by atoms with Gasteiger partial charge in [0.25, 0.3) is 0 Å². The molecule has 3 heterocycles. The summed E-state index contributed by atoms with van der Waals surface area (Å²) in [5, 5.41) is 121. The van der Waals surface area contributed by atoms with E-state index in [1.165, 1.54) is 6.92 Å². The molecule has 3 aliphatic heterocycles. The molecule has 0 aliphatic carbocycles. The monoisotopic (exact) mass is 1280 g/mol. The molecule has 2 bridgehead atoms. The zero-order valence-electron chi connectivity index (χ0n) is 53.9. The topological polar surface area (TPSA) is 367 Å². The van der Waals surface area contributed by atoms with Crippen LogP contribution in [0.2, 0.25) is 0 Å². The van der Waals surface area contributed by atoms with Crippen molar-refractivity contribution in [1.82, 2.24) is 20.4 Å². The predicted octanol–water partition coefficient (Wildman–Crippen LogP) is 2.06. The number of rotatable bonds is 17. The summed E-state index contributed by atoms with van der Waals surface area (Å²) in [5.74, 6) is -7.10. The molecule has 4 rings (SSSR count). The van der Waals surface area contributed by atoms with Gasteiger partial charge in [-0.05, 0) is 97.4 Å². The second-order valence-electron chi connectivity index (χ2n) is 24.9. The van der Waals surface area contributed by atoms with E-state index in [1.54, 1.807) is 129 Å². The normalized spacial score (nSPS) is 34.9. The summed E-state index contributed by atoms with van der Waals surface area (Å²) in [4.78, 5) is 69.8. The molecule has 1 aromatic rings. The van der Waals surface area contributed by atoms with Crippen molar-refractivity contribution in [3.8, 4) is 0 Å². The van der Waals surface area contributed by atoms with Crippen molar-refractivity contribution >= 4 is 35.0 Å². The van der Waals surface area contributed by atoms with Gasteiger partial charge in [-0.2, -0.15) is 0 Å². The minimum atomic E-state index is -2.32. The molecular weight excluding hydrogens is 1180 g/mol. The van der Waals surface area contributed by atoms with Gasteiger partial charge in [0.15, 0.2) is 17.9 Å². The molecule has 0 spiro atoms. The van der Waals surface area contributed by atoms with Crippen molar-refractivity contribution in [3.05, 3.63) is 115 Å². The standard InChI is InChI=1S/C67H103N5O19/c1-42-21-19-17-15-13-11-9-10-12-14-16-18-20-22-54(89-66-63(85)61(62(84)44(3)88-66)70-58(82)41-72(7)8)38-57-60(65(86)69-29-30-71(5)6)56(81)40-67(87,91-57)39-53(79)35-51(77)33-49(75)31-48(74)32-50(76)34-52(78)37-59(83)90-64(42)43(2)23-28-47(73)36-55(80)45-24-26-46(68-4)27-25-45/h9-22,24-27,42-44,47-49,51-54,56-57,60-64,66,68,73-75,77-79,81,84-85,87H,23,28-41H2,1-8H3,(H,69,86)(H,70,82)/b10-9-,13-11-,14-12+,17-15+,18-16+,21-19+,22-20+/t42-,43-,44+,47?,48+,49-,51-,52+,53-,54-,56-,57-,60+,61-,62+,63-,64-,66-,67+/m0/s1. The molecular formula is C67H103N5O19. The number of ketones is 2. The molecule has 0 aromatic heterocycles. The van der Waals surface area contributed by atoms with E-state index in [-0.39, 0.29) is 50.0 Å². The molecule has 0 radical (unpaired) electrons. The number of esters is 1. The molecule has 13 N–H and O–H groups in total. The molecule has 2 saturated heterocycles. The van der Waals surface area contributed by atoms with Crippen LogP contribution in [0.3, 0.4) is 0 Å². The average molecular weight is 1280 g/mol. The van der Waals surface area contributed by atoms with Gasteiger partial charge in [-0.3, -0.25) is 24.0 Å². The number of hydrogen-bond acceptors (Lipinski definition) is 22. The fourth-order valence-electron chi connectivity index (χ4n) is 11.3. The summed E-state index contributed by atoms with van der Waals surface area (Å²) in [7, 11) is 8.75. The largest absolute Gasteiger partial charge is 0.461 e. The third kappa shape index (κ3) is 28.6. The number of aliphatic hydroxyl groups excluding tert-OH is 9. The zero-order chi connectivity index (χ0) is 67.4. The third-order valence-corrected chi connectivity index (χ3v) is 16.0. The summed E-state index contributed by atoms with van der Waals surface area (Å²) in [6.07, 6.45) is 2.19. The lowest BCUT2D eigenvalue weighted by atomic mass is 9.82. The Morgan fingerprint density at radius 1 is 0.703 bits per heavy atom. The minimum absolute atomic E-state index is 0.0513. The van der Waals surface area contributed by atoms with Crippen LogP contribution >= 0.6 is 0 Å². The van der Waals surface area contributed by atoms with Crippen molar-refractivity contribution in [2.24, 2.45) is 17.8 Å². The van der Waals surface area contributed by atoms with Crippen LogP contribution in [0.5, 0.6) is 0 Å². The minimum Gasteiger partial charge on any atom is -0.461 e. The molecule has 510 valence electrons. The first kappa shape index (κ1) is 77.8. The second-order valence-corrected chi connectivity index (χ2v) is 24.9. The third-order valence-electron chi connectivity index (χ3n) is 16.0. The highest BCUT2D eigenvalue weighted by molar-refractivity contribution is 5.96. The number of hydrogen-bond donors (Lipinski definition) is 13. The van der Waals surface area contributed by atoms with Gasteiger partial charge in [-0.25, -0.2) is 0 Å². The first-order chi connectivity index (χ1) is 43.1. The Balaban J connectivity index is 1.62. The van der Waals surface area contributed by atoms with Gasteiger partial charge in [-0.15, -0.1) is 0 Å². The number of cyclic esters (lactones) is 1. The first-order valence-corrected chi connectivity index (χ1v) is 31.5. The van der Waals surface area contributed by atoms with Crippen LogP contribution in [0.25, 0.3) is 0 Å². The molecule has 1 unspecified atom stereocenters. The number of Topliss-reactive ketones (excluding diaryl/α,β-unsaturated/α-hetero) is 2. The zero-order valence-corrected chi connectivity index (χ0v) is 53.9. The Labute approximate surface area is 535 Å². The van der Waals surface area contributed by atoms with Gasteiger partial charge < -0.3 is 95.8 Å². The number of allylic oxidation sites excluding steroid dienone is 12. The molecule has 3 aliphatic rings. The number of anilines is 1. The van der Waals surface area contributed by atoms with Crippen molar-refractivity contribution in [3.63, 3.8) is 0 Å². The van der Waals surface area contributed by atoms with Gasteiger partial charge in [-0.1, -0.05) is 98.9 Å². The number of nitrogens with zero attached hydrogens (tertiary/aromatic N) is 2. The van der Waals surface area contributed by atoms with Crippen LogP contribution < -0.4 is 16.0 Å². The number of ether oxygens (including phenoxy) is 4. The summed E-state index contributed by atoms with van der Waals surface area (Å²) >= 11 is 0. The molecule has 1 aromatic carbocycles. The predicted molar refractivity (Wildman–Crippen MR) is 342 cm³/mol. The lowest BCUT2D eigenvalue weighted by Gasteiger charge is -2.46. The number of aliphatic hydroxyl groups is 10. The summed E-state index contributed by atoms with van der Waals surface area (Å²) in [6.45, 7) is 5.81. The maximum atomic E-state index is 14.0. The number of carbonyl (C=O) groups is 5. The maximum absolute atomic E-state index is 14.0. The van der Waals surface area contributed by atoms with Gasteiger partial charge in [0, 0.05) is 75.8 Å². The highest BCUT2D eigenvalue weighted by Gasteiger charge is 2.51. The van der Waals surface area contributed by atoms with Crippen LogP contribution in [0, 0.1) is 17.8 Å². The van der Waals surface area contributed by atoms with E-state index in [4.69, 9.17) is 18.9 Å². The number of carbonyl (C=O) groups excluding carboxylic acids is 5. The van der Waals surface area contributed by atoms with Crippen LogP contribution in [-0.2, 0) is 38.1 Å². The van der Waals surface area contributed by atoms with E-state index in [0.717, 1.165) is 5.69 Å². The van der Waals surface area contributed by atoms with Gasteiger partial charge >= 0.3 is 5.97 Å². The Morgan fingerprint density at radius 3 is 1.87 bits per heavy atom. The van der Waals surface area contributed by atoms with Crippen molar-refractivity contribution in [1.29, 1.82) is 0 Å². The molecule has 19 atom stereocenters. The fourth-order valence-corrected chi connectivity index (χ4v) is 11.3. The highest BCUT2D eigenvalue weighted by Crippen LogP contribution is 2.38. The van der Waals surface area contributed by atoms with E-state index < -0.39 is 178 Å². The molecule has 91 heavy (non-hydrogen) atoms. The molecule has 24 heteroatoms. The highest BCUT2D eigenvalue weighted by atomic mass is 16.7. The number of likely N-dealkylation sites (N-methyl/N-ethyl adjacent to an activating group) is 2. The van der Waals surface area contributed by atoms with E-state index in [1.807, 2.05) is 38.9 Å². The average Bonchev–Trinajstić information content (AvgIpc) is 0.818. The molecule has 24 nitrogen and oxygen atoms in total. The van der Waals surface area contributed by atoms with E-state index in [0.29, 0.717) is 18.5 Å². The van der Waals surface area contributed by atoms with Crippen molar-refractivity contribution < 1.29 is 94.0 Å². The molecule has 2 amide bonds. The fraction of sp³-hybridized carbons (Fsp3) is 0.627. The van der Waals surface area contributed by atoms with Gasteiger partial charge in [0.05, 0.1) is 86.0 Å². The Morgan fingerprint density at radius 2 is 1.27 bits per heavy atom. The van der Waals surface area contributed by atoms with E-state index in [9.17, 15) is 75.0 Å². The van der Waals surface area contributed by atoms with E-state index in [2.05, 4.69) is 16.0 Å².